The molecule has 4 aromatic rings. The van der Waals surface area contributed by atoms with Gasteiger partial charge in [-0.25, -0.2) is 0 Å². The molecule has 4 aromatic carbocycles. The van der Waals surface area contributed by atoms with E-state index in [4.69, 9.17) is 66.5 Å². The first kappa shape index (κ1) is 31.6. The molecule has 2 nitrogen and oxygen atoms in total. The Hall–Kier alpha value is -1.35. The lowest BCUT2D eigenvalue weighted by Gasteiger charge is -2.11. The first-order valence-electron chi connectivity index (χ1n) is 13.1. The van der Waals surface area contributed by atoms with Crippen LogP contribution in [0.25, 0.3) is 11.1 Å². The minimum absolute atomic E-state index is 0.681. The third-order valence-corrected chi connectivity index (χ3v) is 11.7. The second-order valence-corrected chi connectivity index (χ2v) is 28.3. The van der Waals surface area contributed by atoms with E-state index < -0.39 is 12.0 Å². The van der Waals surface area contributed by atoms with Crippen LogP contribution in [0.3, 0.4) is 0 Å². The number of aryl methyl sites for hydroxylation is 2. The lowest BCUT2D eigenvalue weighted by Crippen LogP contribution is -2.08. The molecular formula is C30H30Cl6N2Si2. The molecular weight excluding hydrogens is 657 g/mol. The zero-order chi connectivity index (χ0) is 28.6. The van der Waals surface area contributed by atoms with Crippen LogP contribution in [-0.2, 0) is 12.8 Å². The van der Waals surface area contributed by atoms with Crippen LogP contribution in [0.4, 0.5) is 22.7 Å². The maximum Gasteiger partial charge on any atom is 0.341 e. The van der Waals surface area contributed by atoms with Crippen molar-refractivity contribution < 1.29 is 0 Å². The van der Waals surface area contributed by atoms with Crippen LogP contribution >= 0.6 is 66.5 Å². The summed E-state index contributed by atoms with van der Waals surface area (Å²) in [6.45, 7) is 0. The fourth-order valence-electron chi connectivity index (χ4n) is 4.32. The molecule has 0 radical (unpaired) electrons. The van der Waals surface area contributed by atoms with Gasteiger partial charge in [-0.3, -0.25) is 0 Å². The second kappa shape index (κ2) is 14.7. The maximum absolute atomic E-state index is 5.98. The molecule has 0 aliphatic carbocycles. The summed E-state index contributed by atoms with van der Waals surface area (Å²) in [5, 5.41) is 6.93. The minimum atomic E-state index is -2.54. The maximum atomic E-state index is 5.98. The van der Waals surface area contributed by atoms with Crippen molar-refractivity contribution in [3.63, 3.8) is 0 Å². The molecule has 2 N–H and O–H groups in total. The van der Waals surface area contributed by atoms with Crippen LogP contribution in [-0.4, -0.2) is 12.0 Å². The van der Waals surface area contributed by atoms with E-state index in [2.05, 4.69) is 108 Å². The van der Waals surface area contributed by atoms with E-state index in [1.807, 2.05) is 0 Å². The Morgan fingerprint density at radius 1 is 0.400 bits per heavy atom. The third-order valence-electron chi connectivity index (χ3n) is 6.44. The second-order valence-electron chi connectivity index (χ2n) is 9.74. The van der Waals surface area contributed by atoms with Crippen molar-refractivity contribution in [1.82, 2.24) is 0 Å². The highest BCUT2D eigenvalue weighted by atomic mass is 35.8. The number of nitrogens with one attached hydrogen (secondary N) is 2. The Morgan fingerprint density at radius 3 is 0.950 bits per heavy atom. The molecule has 0 aromatic heterocycles. The molecule has 0 spiro atoms. The van der Waals surface area contributed by atoms with E-state index >= 15 is 0 Å². The molecule has 210 valence electrons. The molecule has 0 atom stereocenters. The molecule has 0 saturated heterocycles. The largest absolute Gasteiger partial charge is 0.356 e. The van der Waals surface area contributed by atoms with Crippen LogP contribution in [0.15, 0.2) is 97.1 Å². The Labute approximate surface area is 267 Å². The highest BCUT2D eigenvalue weighted by molar-refractivity contribution is 7.65. The van der Waals surface area contributed by atoms with Crippen molar-refractivity contribution in [1.29, 1.82) is 0 Å². The summed E-state index contributed by atoms with van der Waals surface area (Å²) in [6.07, 6.45) is 3.62. The van der Waals surface area contributed by atoms with Gasteiger partial charge < -0.3 is 10.6 Å². The summed E-state index contributed by atoms with van der Waals surface area (Å²) in [4.78, 5) is 0. The average molecular weight is 687 g/mol. The zero-order valence-corrected chi connectivity index (χ0v) is 28.3. The molecule has 0 aliphatic rings. The van der Waals surface area contributed by atoms with E-state index in [0.717, 1.165) is 59.6 Å². The van der Waals surface area contributed by atoms with Crippen LogP contribution in [0, 0.1) is 0 Å². The lowest BCUT2D eigenvalue weighted by atomic mass is 10.0. The van der Waals surface area contributed by atoms with Gasteiger partial charge >= 0.3 is 12.0 Å². The van der Waals surface area contributed by atoms with Crippen molar-refractivity contribution in [2.24, 2.45) is 0 Å². The predicted molar refractivity (Wildman–Crippen MR) is 184 cm³/mol. The first-order chi connectivity index (χ1) is 19.0. The van der Waals surface area contributed by atoms with Gasteiger partial charge in [0, 0.05) is 22.7 Å². The number of benzene rings is 4. The highest BCUT2D eigenvalue weighted by Crippen LogP contribution is 2.29. The van der Waals surface area contributed by atoms with Crippen molar-refractivity contribution >= 4 is 101 Å². The van der Waals surface area contributed by atoms with Gasteiger partial charge in [-0.05, 0) is 109 Å². The topological polar surface area (TPSA) is 24.1 Å². The monoisotopic (exact) mass is 684 g/mol. The molecule has 0 heterocycles. The van der Waals surface area contributed by atoms with E-state index in [1.165, 1.54) is 11.1 Å². The number of hydrogen-bond donors (Lipinski definition) is 2. The summed E-state index contributed by atoms with van der Waals surface area (Å²) in [5.74, 6) is 0. The van der Waals surface area contributed by atoms with Crippen molar-refractivity contribution in [2.75, 3.05) is 10.6 Å². The predicted octanol–water partition coefficient (Wildman–Crippen LogP) is 12.0. The normalized spacial score (nSPS) is 11.8. The Morgan fingerprint density at radius 2 is 0.675 bits per heavy atom. The van der Waals surface area contributed by atoms with Gasteiger partial charge in [0.2, 0.25) is 0 Å². The third kappa shape index (κ3) is 11.1. The molecule has 0 fully saturated rings. The summed E-state index contributed by atoms with van der Waals surface area (Å²) < 4.78 is 0. The summed E-state index contributed by atoms with van der Waals surface area (Å²) >= 11 is 35.9. The highest BCUT2D eigenvalue weighted by Gasteiger charge is 2.24. The zero-order valence-electron chi connectivity index (χ0n) is 21.7. The smallest absolute Gasteiger partial charge is 0.341 e. The van der Waals surface area contributed by atoms with Gasteiger partial charge in [0.25, 0.3) is 0 Å². The van der Waals surface area contributed by atoms with Crippen LogP contribution in [0.1, 0.15) is 24.0 Å². The van der Waals surface area contributed by atoms with Crippen molar-refractivity contribution in [3.05, 3.63) is 108 Å². The van der Waals surface area contributed by atoms with Crippen LogP contribution in [0.5, 0.6) is 0 Å². The van der Waals surface area contributed by atoms with Gasteiger partial charge in [0.15, 0.2) is 0 Å². The molecule has 0 unspecified atom stereocenters. The molecule has 0 aliphatic heterocycles. The van der Waals surface area contributed by atoms with Crippen molar-refractivity contribution in [2.45, 2.75) is 37.8 Å². The van der Waals surface area contributed by atoms with Crippen LogP contribution in [0.2, 0.25) is 12.1 Å². The summed E-state index contributed by atoms with van der Waals surface area (Å²) in [6, 6.07) is 30.0. The van der Waals surface area contributed by atoms with E-state index in [9.17, 15) is 0 Å². The van der Waals surface area contributed by atoms with E-state index in [0.29, 0.717) is 12.1 Å². The Kier molecular flexibility index (Phi) is 11.6. The van der Waals surface area contributed by atoms with Gasteiger partial charge in [-0.2, -0.15) is 0 Å². The number of rotatable bonds is 13. The number of hydrogen-bond acceptors (Lipinski definition) is 2. The minimum Gasteiger partial charge on any atom is -0.356 e. The molecule has 0 amide bonds. The molecule has 0 bridgehead atoms. The van der Waals surface area contributed by atoms with Gasteiger partial charge in [-0.15, -0.1) is 66.5 Å². The summed E-state index contributed by atoms with van der Waals surface area (Å²) in [7, 11) is 0. The van der Waals surface area contributed by atoms with Gasteiger partial charge in [0.05, 0.1) is 0 Å². The molecule has 0 saturated carbocycles. The number of anilines is 4. The van der Waals surface area contributed by atoms with Crippen molar-refractivity contribution in [3.8, 4) is 11.1 Å². The number of halogens is 6. The summed E-state index contributed by atoms with van der Waals surface area (Å²) in [5.41, 5.74) is 8.97. The van der Waals surface area contributed by atoms with Gasteiger partial charge in [0.1, 0.15) is 0 Å². The van der Waals surface area contributed by atoms with E-state index in [-0.39, 0.29) is 0 Å². The van der Waals surface area contributed by atoms with E-state index in [1.54, 1.807) is 0 Å². The Balaban J connectivity index is 1.27. The fraction of sp³-hybridized carbons (Fsp3) is 0.200. The standard InChI is InChI=1S/C30H30Cl6N2Si2/c31-39(32,33)21-1-3-23-5-13-27(14-6-23)37-29-17-9-25(10-18-29)26-11-19-30(20-12-26)38-28-15-7-24(8-16-28)4-2-22-40(34,35)36/h5-20,37-38H,1-4,21-22H2. The van der Waals surface area contributed by atoms with Crippen LogP contribution < -0.4 is 10.6 Å². The molecule has 10 heteroatoms. The lowest BCUT2D eigenvalue weighted by molar-refractivity contribution is 0.915. The average Bonchev–Trinajstić information content (AvgIpc) is 2.90. The molecule has 40 heavy (non-hydrogen) atoms. The molecule has 4 rings (SSSR count). The Bertz CT molecular complexity index is 1230. The fourth-order valence-corrected chi connectivity index (χ4v) is 7.88. The quantitative estimate of drug-likeness (QED) is 0.108. The first-order valence-corrected chi connectivity index (χ1v) is 23.6. The van der Waals surface area contributed by atoms with Gasteiger partial charge in [-0.1, -0.05) is 48.5 Å². The SMILES string of the molecule is Cl[Si](Cl)(Cl)CCCc1ccc(Nc2ccc(-c3ccc(Nc4ccc(CCC[Si](Cl)(Cl)Cl)cc4)cc3)cc2)cc1.